The van der Waals surface area contributed by atoms with Gasteiger partial charge in [-0.25, -0.2) is 0 Å². The van der Waals surface area contributed by atoms with Crippen molar-refractivity contribution < 1.29 is 4.79 Å². The first kappa shape index (κ1) is 15.0. The average Bonchev–Trinajstić information content (AvgIpc) is 2.66. The van der Waals surface area contributed by atoms with Gasteiger partial charge >= 0.3 is 0 Å². The van der Waals surface area contributed by atoms with Crippen molar-refractivity contribution in [3.8, 4) is 0 Å². The van der Waals surface area contributed by atoms with Gasteiger partial charge in [-0.3, -0.25) is 4.79 Å². The van der Waals surface area contributed by atoms with E-state index in [0.29, 0.717) is 6.04 Å². The smallest absolute Gasteiger partial charge is 0.251 e. The Bertz CT molecular complexity index is 437. The van der Waals surface area contributed by atoms with Crippen molar-refractivity contribution in [2.75, 3.05) is 13.1 Å². The van der Waals surface area contributed by atoms with Crippen LogP contribution in [0.4, 0.5) is 0 Å². The Morgan fingerprint density at radius 1 is 1.15 bits per heavy atom. The van der Waals surface area contributed by atoms with Crippen molar-refractivity contribution in [1.29, 1.82) is 0 Å². The van der Waals surface area contributed by atoms with Crippen LogP contribution in [0.25, 0.3) is 0 Å². The van der Waals surface area contributed by atoms with Crippen LogP contribution in [0.15, 0.2) is 24.3 Å². The van der Waals surface area contributed by atoms with Crippen LogP contribution in [-0.4, -0.2) is 25.0 Å². The highest BCUT2D eigenvalue weighted by Crippen LogP contribution is 2.22. The maximum absolute atomic E-state index is 12.3. The molecule has 2 N–H and O–H groups in total. The lowest BCUT2D eigenvalue weighted by Gasteiger charge is -2.20. The molecule has 1 amide bonds. The van der Waals surface area contributed by atoms with E-state index in [1.807, 2.05) is 12.1 Å². The number of carbonyl (C=O) groups excluding carboxylic acids is 1. The van der Waals surface area contributed by atoms with Gasteiger partial charge in [0.05, 0.1) is 0 Å². The third kappa shape index (κ3) is 4.07. The molecule has 1 aromatic carbocycles. The molecule has 0 aliphatic carbocycles. The lowest BCUT2D eigenvalue weighted by atomic mass is 9.86. The van der Waals surface area contributed by atoms with E-state index in [1.54, 1.807) is 0 Å². The minimum atomic E-state index is 0.0531. The van der Waals surface area contributed by atoms with E-state index in [4.69, 9.17) is 0 Å². The summed E-state index contributed by atoms with van der Waals surface area (Å²) < 4.78 is 0. The lowest BCUT2D eigenvalue weighted by Crippen LogP contribution is -2.35. The molecule has 3 nitrogen and oxygen atoms in total. The molecule has 1 heterocycles. The molecule has 3 heteroatoms. The van der Waals surface area contributed by atoms with Crippen molar-refractivity contribution >= 4 is 5.91 Å². The van der Waals surface area contributed by atoms with Crippen LogP contribution in [0.1, 0.15) is 56.0 Å². The van der Waals surface area contributed by atoms with Crippen LogP contribution in [-0.2, 0) is 5.41 Å². The summed E-state index contributed by atoms with van der Waals surface area (Å²) in [7, 11) is 0. The fraction of sp³-hybridized carbons (Fsp3) is 0.588. The maximum Gasteiger partial charge on any atom is 0.251 e. The summed E-state index contributed by atoms with van der Waals surface area (Å²) in [5, 5.41) is 6.52. The van der Waals surface area contributed by atoms with Crippen LogP contribution < -0.4 is 10.6 Å². The molecule has 0 aromatic heterocycles. The minimum Gasteiger partial charge on any atom is -0.349 e. The highest BCUT2D eigenvalue weighted by Gasteiger charge is 2.17. The number of hydrogen-bond acceptors (Lipinski definition) is 2. The van der Waals surface area contributed by atoms with Gasteiger partial charge in [-0.05, 0) is 55.5 Å². The molecule has 1 unspecified atom stereocenters. The van der Waals surface area contributed by atoms with Gasteiger partial charge in [0.1, 0.15) is 0 Å². The Morgan fingerprint density at radius 3 is 2.50 bits per heavy atom. The number of carbonyl (C=O) groups is 1. The summed E-state index contributed by atoms with van der Waals surface area (Å²) in [6.45, 7) is 8.60. The Balaban J connectivity index is 1.98. The van der Waals surface area contributed by atoms with Crippen molar-refractivity contribution in [3.05, 3.63) is 35.4 Å². The van der Waals surface area contributed by atoms with Gasteiger partial charge in [0.15, 0.2) is 0 Å². The standard InChI is InChI=1S/C17H26N2O/c1-17(2,3)14-8-6-13(7-9-14)16(20)19-15-5-4-11-18-12-10-15/h6-9,15,18H,4-5,10-12H2,1-3H3,(H,19,20). The number of hydrogen-bond donors (Lipinski definition) is 2. The fourth-order valence-electron chi connectivity index (χ4n) is 2.55. The molecule has 1 atom stereocenters. The van der Waals surface area contributed by atoms with Gasteiger partial charge in [-0.15, -0.1) is 0 Å². The van der Waals surface area contributed by atoms with Crippen molar-refractivity contribution in [1.82, 2.24) is 10.6 Å². The molecule has 0 saturated carbocycles. The fourth-order valence-corrected chi connectivity index (χ4v) is 2.55. The summed E-state index contributed by atoms with van der Waals surface area (Å²) in [6.07, 6.45) is 3.22. The summed E-state index contributed by atoms with van der Waals surface area (Å²) in [6, 6.07) is 8.29. The maximum atomic E-state index is 12.3. The Kier molecular flexibility index (Phi) is 4.81. The van der Waals surface area contributed by atoms with E-state index in [0.717, 1.165) is 37.9 Å². The number of amides is 1. The highest BCUT2D eigenvalue weighted by molar-refractivity contribution is 5.94. The summed E-state index contributed by atoms with van der Waals surface area (Å²) in [5.41, 5.74) is 2.14. The van der Waals surface area contributed by atoms with E-state index in [1.165, 1.54) is 5.56 Å². The Hall–Kier alpha value is -1.35. The molecule has 1 saturated heterocycles. The zero-order chi connectivity index (χ0) is 14.6. The summed E-state index contributed by atoms with van der Waals surface area (Å²) in [5.74, 6) is 0.0531. The molecule has 0 bridgehead atoms. The van der Waals surface area contributed by atoms with Crippen molar-refractivity contribution in [2.45, 2.75) is 51.5 Å². The van der Waals surface area contributed by atoms with Crippen molar-refractivity contribution in [3.63, 3.8) is 0 Å². The van der Waals surface area contributed by atoms with Gasteiger partial charge in [-0.1, -0.05) is 32.9 Å². The normalized spacial score (nSPS) is 20.2. The number of rotatable bonds is 2. The summed E-state index contributed by atoms with van der Waals surface area (Å²) >= 11 is 0. The highest BCUT2D eigenvalue weighted by atomic mass is 16.1. The second kappa shape index (κ2) is 6.40. The lowest BCUT2D eigenvalue weighted by molar-refractivity contribution is 0.0934. The van der Waals surface area contributed by atoms with Crippen LogP contribution in [0.5, 0.6) is 0 Å². The molecule has 0 radical (unpaired) electrons. The Morgan fingerprint density at radius 2 is 1.85 bits per heavy atom. The first-order chi connectivity index (χ1) is 9.47. The van der Waals surface area contributed by atoms with Gasteiger partial charge in [0.25, 0.3) is 5.91 Å². The average molecular weight is 274 g/mol. The zero-order valence-electron chi connectivity index (χ0n) is 12.8. The first-order valence-corrected chi connectivity index (χ1v) is 7.59. The molecule has 1 aliphatic heterocycles. The predicted molar refractivity (Wildman–Crippen MR) is 83.1 cm³/mol. The van der Waals surface area contributed by atoms with E-state index in [2.05, 4.69) is 43.5 Å². The van der Waals surface area contributed by atoms with Gasteiger partial charge in [0, 0.05) is 11.6 Å². The number of nitrogens with one attached hydrogen (secondary N) is 2. The molecule has 1 fully saturated rings. The van der Waals surface area contributed by atoms with E-state index in [9.17, 15) is 4.79 Å². The first-order valence-electron chi connectivity index (χ1n) is 7.59. The quantitative estimate of drug-likeness (QED) is 0.870. The third-order valence-electron chi connectivity index (χ3n) is 3.92. The topological polar surface area (TPSA) is 41.1 Å². The van der Waals surface area contributed by atoms with E-state index in [-0.39, 0.29) is 11.3 Å². The predicted octanol–water partition coefficient (Wildman–Crippen LogP) is 2.86. The minimum absolute atomic E-state index is 0.0531. The largest absolute Gasteiger partial charge is 0.349 e. The van der Waals surface area contributed by atoms with Crippen molar-refractivity contribution in [2.24, 2.45) is 0 Å². The molecule has 0 spiro atoms. The van der Waals surface area contributed by atoms with Crippen LogP contribution >= 0.6 is 0 Å². The molecule has 2 rings (SSSR count). The third-order valence-corrected chi connectivity index (χ3v) is 3.92. The Labute approximate surface area is 122 Å². The molecular weight excluding hydrogens is 248 g/mol. The van der Waals surface area contributed by atoms with Gasteiger partial charge in [-0.2, -0.15) is 0 Å². The zero-order valence-corrected chi connectivity index (χ0v) is 12.8. The van der Waals surface area contributed by atoms with Crippen LogP contribution in [0, 0.1) is 0 Å². The van der Waals surface area contributed by atoms with Gasteiger partial charge < -0.3 is 10.6 Å². The number of benzene rings is 1. The molecule has 1 aromatic rings. The van der Waals surface area contributed by atoms with E-state index < -0.39 is 0 Å². The van der Waals surface area contributed by atoms with Crippen LogP contribution in [0.2, 0.25) is 0 Å². The molecular formula is C17H26N2O. The molecule has 110 valence electrons. The summed E-state index contributed by atoms with van der Waals surface area (Å²) in [4.78, 5) is 12.3. The molecule has 1 aliphatic rings. The molecule has 20 heavy (non-hydrogen) atoms. The van der Waals surface area contributed by atoms with Gasteiger partial charge in [0.2, 0.25) is 0 Å². The monoisotopic (exact) mass is 274 g/mol. The SMILES string of the molecule is CC(C)(C)c1ccc(C(=O)NC2CCCNCC2)cc1. The van der Waals surface area contributed by atoms with E-state index >= 15 is 0 Å². The second-order valence-corrected chi connectivity index (χ2v) is 6.68. The van der Waals surface area contributed by atoms with Crippen LogP contribution in [0.3, 0.4) is 0 Å². The second-order valence-electron chi connectivity index (χ2n) is 6.68.